The minimum atomic E-state index is -0.549. The van der Waals surface area contributed by atoms with Crippen molar-refractivity contribution in [3.8, 4) is 5.75 Å². The van der Waals surface area contributed by atoms with Crippen molar-refractivity contribution in [1.82, 2.24) is 10.3 Å². The molecule has 0 spiro atoms. The van der Waals surface area contributed by atoms with Crippen molar-refractivity contribution in [2.45, 2.75) is 59.0 Å². The number of phenolic OH excluding ortho intramolecular Hbond substituents is 1. The average molecular weight is 578 g/mol. The van der Waals surface area contributed by atoms with Gasteiger partial charge in [0.2, 0.25) is 5.91 Å². The van der Waals surface area contributed by atoms with E-state index >= 15 is 0 Å². The maximum Gasteiger partial charge on any atom is 0.275 e. The van der Waals surface area contributed by atoms with Gasteiger partial charge < -0.3 is 10.0 Å². The predicted octanol–water partition coefficient (Wildman–Crippen LogP) is 7.04. The smallest absolute Gasteiger partial charge is 0.275 e. The molecule has 222 valence electrons. The van der Waals surface area contributed by atoms with Crippen LogP contribution in [0.1, 0.15) is 67.4 Å². The molecular weight excluding hydrogens is 538 g/mol. The van der Waals surface area contributed by atoms with E-state index in [1.807, 2.05) is 98.8 Å². The van der Waals surface area contributed by atoms with Gasteiger partial charge in [-0.1, -0.05) is 105 Å². The summed E-state index contributed by atoms with van der Waals surface area (Å²) in [5.41, 5.74) is 5.29. The second kappa shape index (κ2) is 15.4. The number of nitrogens with zero attached hydrogens (tertiary/aromatic N) is 2. The zero-order chi connectivity index (χ0) is 30.6. The number of hydrogen-bond donors (Lipinski definition) is 2. The summed E-state index contributed by atoms with van der Waals surface area (Å²) in [5, 5.41) is 16.5. The molecule has 0 heterocycles. The van der Waals surface area contributed by atoms with Gasteiger partial charge in [-0.05, 0) is 46.9 Å². The lowest BCUT2D eigenvalue weighted by molar-refractivity contribution is -0.134. The number of nitrogens with one attached hydrogen (secondary N) is 1. The van der Waals surface area contributed by atoms with E-state index in [4.69, 9.17) is 0 Å². The lowest BCUT2D eigenvalue weighted by atomic mass is 9.90. The number of benzene rings is 4. The Hall–Kier alpha value is -4.78. The lowest BCUT2D eigenvalue weighted by Gasteiger charge is -2.24. The zero-order valence-corrected chi connectivity index (χ0v) is 24.8. The first-order valence-corrected chi connectivity index (χ1v) is 14.9. The number of hydrogen-bond acceptors (Lipinski definition) is 5. The molecule has 4 rings (SSSR count). The monoisotopic (exact) mass is 577 g/mol. The molecule has 4 aromatic carbocycles. The van der Waals surface area contributed by atoms with Crippen molar-refractivity contribution in [3.05, 3.63) is 114 Å². The summed E-state index contributed by atoms with van der Waals surface area (Å²) in [6.45, 7) is 4.80. The second-order valence-electron chi connectivity index (χ2n) is 10.7. The summed E-state index contributed by atoms with van der Waals surface area (Å²) in [7, 11) is 0. The molecule has 7 heteroatoms. The average Bonchev–Trinajstić information content (AvgIpc) is 3.03. The first kappa shape index (κ1) is 31.2. The summed E-state index contributed by atoms with van der Waals surface area (Å²) < 4.78 is 0. The first-order valence-electron chi connectivity index (χ1n) is 14.9. The van der Waals surface area contributed by atoms with E-state index in [1.165, 1.54) is 0 Å². The highest BCUT2D eigenvalue weighted by Gasteiger charge is 2.25. The summed E-state index contributed by atoms with van der Waals surface area (Å²) in [6, 6.07) is 30.3. The number of carbonyl (C=O) groups excluding carboxylic acids is 3. The Labute approximate surface area is 253 Å². The van der Waals surface area contributed by atoms with Gasteiger partial charge in [0.15, 0.2) is 0 Å². The van der Waals surface area contributed by atoms with Crippen LogP contribution in [0.3, 0.4) is 0 Å². The third kappa shape index (κ3) is 8.61. The van der Waals surface area contributed by atoms with E-state index in [0.717, 1.165) is 28.3 Å². The van der Waals surface area contributed by atoms with E-state index in [2.05, 4.69) is 10.5 Å². The van der Waals surface area contributed by atoms with E-state index in [1.54, 1.807) is 17.0 Å². The number of rotatable bonds is 14. The van der Waals surface area contributed by atoms with Crippen LogP contribution in [-0.4, -0.2) is 33.3 Å². The van der Waals surface area contributed by atoms with Crippen LogP contribution in [0.4, 0.5) is 0 Å². The van der Waals surface area contributed by atoms with Crippen molar-refractivity contribution in [2.24, 2.45) is 11.0 Å². The molecule has 2 N–H and O–H groups in total. The molecule has 0 aliphatic carbocycles. The number of phenols is 1. The SMILES string of the molecule is CCC/C(=N\NC(=O)c1cc2ccccc2cc1O)[C@@H](CC)C(=O)CCC(=O)N(Cc1ccccc1)Cc1ccccc1. The van der Waals surface area contributed by atoms with Crippen LogP contribution in [-0.2, 0) is 22.7 Å². The van der Waals surface area contributed by atoms with E-state index in [9.17, 15) is 19.5 Å². The fourth-order valence-electron chi connectivity index (χ4n) is 5.21. The van der Waals surface area contributed by atoms with Crippen LogP contribution in [0.2, 0.25) is 0 Å². The fourth-order valence-corrected chi connectivity index (χ4v) is 5.21. The summed E-state index contributed by atoms with van der Waals surface area (Å²) in [4.78, 5) is 41.6. The normalized spacial score (nSPS) is 12.1. The summed E-state index contributed by atoms with van der Waals surface area (Å²) in [5.74, 6) is -1.38. The number of hydrazone groups is 1. The summed E-state index contributed by atoms with van der Waals surface area (Å²) >= 11 is 0. The first-order chi connectivity index (χ1) is 20.9. The maximum absolute atomic E-state index is 13.4. The van der Waals surface area contributed by atoms with Gasteiger partial charge >= 0.3 is 0 Å². The van der Waals surface area contributed by atoms with Crippen LogP contribution >= 0.6 is 0 Å². The molecule has 0 aromatic heterocycles. The van der Waals surface area contributed by atoms with Crippen molar-refractivity contribution >= 4 is 34.1 Å². The molecular formula is C36H39N3O4. The lowest BCUT2D eigenvalue weighted by Crippen LogP contribution is -2.32. The molecule has 0 unspecified atom stereocenters. The molecule has 0 aliphatic rings. The van der Waals surface area contributed by atoms with Crippen LogP contribution in [0.5, 0.6) is 5.75 Å². The Morgan fingerprint density at radius 3 is 1.88 bits per heavy atom. The Morgan fingerprint density at radius 1 is 0.767 bits per heavy atom. The minimum Gasteiger partial charge on any atom is -0.507 e. The van der Waals surface area contributed by atoms with Gasteiger partial charge in [-0.3, -0.25) is 14.4 Å². The van der Waals surface area contributed by atoms with E-state index in [-0.39, 0.29) is 35.8 Å². The highest BCUT2D eigenvalue weighted by atomic mass is 16.3. The van der Waals surface area contributed by atoms with Gasteiger partial charge in [-0.25, -0.2) is 5.43 Å². The number of Topliss-reactive ketones (excluding diaryl/α,β-unsaturated/α-hetero) is 1. The predicted molar refractivity (Wildman–Crippen MR) is 171 cm³/mol. The minimum absolute atomic E-state index is 0.0785. The Kier molecular flexibility index (Phi) is 11.2. The van der Waals surface area contributed by atoms with Crippen LogP contribution < -0.4 is 5.43 Å². The van der Waals surface area contributed by atoms with Gasteiger partial charge in [0.1, 0.15) is 11.5 Å². The molecule has 43 heavy (non-hydrogen) atoms. The van der Waals surface area contributed by atoms with Crippen molar-refractivity contribution < 1.29 is 19.5 Å². The van der Waals surface area contributed by atoms with Crippen LogP contribution in [0.25, 0.3) is 10.8 Å². The largest absolute Gasteiger partial charge is 0.507 e. The standard InChI is InChI=1S/C36H39N3O4/c1-3-13-32(37-38-36(43)31-22-28-18-11-12-19-29(28)23-34(31)41)30(4-2)33(40)20-21-35(42)39(24-26-14-7-5-8-15-26)25-27-16-9-6-10-17-27/h5-12,14-19,22-23,30,41H,3-4,13,20-21,24-25H2,1-2H3,(H,38,43)/b37-32+/t30-/m1/s1. The van der Waals surface area contributed by atoms with Gasteiger partial charge in [0, 0.05) is 31.6 Å². The molecule has 4 aromatic rings. The Balaban J connectivity index is 1.44. The quantitative estimate of drug-likeness (QED) is 0.124. The van der Waals surface area contributed by atoms with Crippen molar-refractivity contribution in [2.75, 3.05) is 0 Å². The highest BCUT2D eigenvalue weighted by molar-refractivity contribution is 6.07. The zero-order valence-electron chi connectivity index (χ0n) is 24.8. The Morgan fingerprint density at radius 2 is 1.33 bits per heavy atom. The summed E-state index contributed by atoms with van der Waals surface area (Å²) in [6.07, 6.45) is 1.93. The third-order valence-corrected chi connectivity index (χ3v) is 7.49. The van der Waals surface area contributed by atoms with Gasteiger partial charge in [0.05, 0.1) is 11.5 Å². The number of aromatic hydroxyl groups is 1. The molecule has 0 bridgehead atoms. The molecule has 2 amide bonds. The van der Waals surface area contributed by atoms with Crippen molar-refractivity contribution in [1.29, 1.82) is 0 Å². The molecule has 0 aliphatic heterocycles. The van der Waals surface area contributed by atoms with Crippen molar-refractivity contribution in [3.63, 3.8) is 0 Å². The van der Waals surface area contributed by atoms with Crippen LogP contribution in [0, 0.1) is 5.92 Å². The third-order valence-electron chi connectivity index (χ3n) is 7.49. The van der Waals surface area contributed by atoms with Crippen LogP contribution in [0.15, 0.2) is 102 Å². The number of carbonyl (C=O) groups is 3. The molecule has 7 nitrogen and oxygen atoms in total. The van der Waals surface area contributed by atoms with E-state index < -0.39 is 11.8 Å². The second-order valence-corrected chi connectivity index (χ2v) is 10.7. The molecule has 0 saturated carbocycles. The van der Waals surface area contributed by atoms with Gasteiger partial charge in [-0.2, -0.15) is 5.10 Å². The molecule has 0 fully saturated rings. The Bertz CT molecular complexity index is 1530. The van der Waals surface area contributed by atoms with E-state index in [0.29, 0.717) is 31.6 Å². The molecule has 1 atom stereocenters. The molecule has 0 radical (unpaired) electrons. The number of fused-ring (bicyclic) bond motifs is 1. The molecule has 0 saturated heterocycles. The number of ketones is 1. The highest BCUT2D eigenvalue weighted by Crippen LogP contribution is 2.25. The number of amides is 2. The maximum atomic E-state index is 13.4. The fraction of sp³-hybridized carbons (Fsp3) is 0.278. The van der Waals surface area contributed by atoms with Gasteiger partial charge in [0.25, 0.3) is 5.91 Å². The van der Waals surface area contributed by atoms with Gasteiger partial charge in [-0.15, -0.1) is 0 Å². The topological polar surface area (TPSA) is 99.1 Å².